The molecule has 0 unspecified atom stereocenters. The van der Waals surface area contributed by atoms with Gasteiger partial charge in [-0.1, -0.05) is 0 Å². The summed E-state index contributed by atoms with van der Waals surface area (Å²) in [4.78, 5) is 0. The maximum Gasteiger partial charge on any atom is 0.187 e. The van der Waals surface area contributed by atoms with E-state index < -0.39 is 92.1 Å². The number of ether oxygens (including phenoxy) is 5. The van der Waals surface area contributed by atoms with Gasteiger partial charge in [-0.25, -0.2) is 0 Å². The Hall–Kier alpha value is -0.520. The number of hydrogen-bond donors (Lipinski definition) is 8. The first-order valence-corrected chi connectivity index (χ1v) is 10.2. The van der Waals surface area contributed by atoms with E-state index in [4.69, 9.17) is 23.7 Å². The summed E-state index contributed by atoms with van der Waals surface area (Å²) < 4.78 is 27.4. The first kappa shape index (κ1) is 25.1. The molecule has 3 saturated heterocycles. The van der Waals surface area contributed by atoms with Crippen LogP contribution in [-0.2, 0) is 23.7 Å². The van der Waals surface area contributed by atoms with Crippen molar-refractivity contribution in [1.82, 2.24) is 0 Å². The SMILES string of the molecule is C[C@@H]1O[C@@H](O[C@@H]2[C@@H](O[C@@H]3O[C@@H](C)[C@H](O)[C@@H](O)[C@H]3O)[C@@H](O)[C@H](O)O[C@H]2C)[C@H](O)[C@H](O)[C@H]1O. The van der Waals surface area contributed by atoms with Crippen LogP contribution < -0.4 is 0 Å². The zero-order valence-electron chi connectivity index (χ0n) is 17.3. The largest absolute Gasteiger partial charge is 0.388 e. The highest BCUT2D eigenvalue weighted by Gasteiger charge is 2.52. The Morgan fingerprint density at radius 3 is 1.32 bits per heavy atom. The second-order valence-corrected chi connectivity index (χ2v) is 8.29. The van der Waals surface area contributed by atoms with Crippen LogP contribution in [-0.4, -0.2) is 133 Å². The van der Waals surface area contributed by atoms with Crippen LogP contribution >= 0.6 is 0 Å². The van der Waals surface area contributed by atoms with Crippen molar-refractivity contribution in [3.63, 3.8) is 0 Å². The summed E-state index contributed by atoms with van der Waals surface area (Å²) in [6, 6.07) is 0. The predicted octanol–water partition coefficient (Wildman–Crippen LogP) is -4.49. The van der Waals surface area contributed by atoms with Gasteiger partial charge < -0.3 is 64.5 Å². The second kappa shape index (κ2) is 9.77. The van der Waals surface area contributed by atoms with Gasteiger partial charge in [-0.3, -0.25) is 0 Å². The van der Waals surface area contributed by atoms with E-state index in [9.17, 15) is 40.9 Å². The molecule has 13 nitrogen and oxygen atoms in total. The highest BCUT2D eigenvalue weighted by atomic mass is 16.8. The third-order valence-electron chi connectivity index (χ3n) is 5.97. The van der Waals surface area contributed by atoms with Crippen LogP contribution in [0, 0.1) is 0 Å². The Balaban J connectivity index is 1.78. The van der Waals surface area contributed by atoms with Crippen LogP contribution in [0.3, 0.4) is 0 Å². The number of hydrogen-bond acceptors (Lipinski definition) is 13. The molecule has 3 heterocycles. The molecular weight excluding hydrogens is 424 g/mol. The van der Waals surface area contributed by atoms with Gasteiger partial charge in [0.05, 0.1) is 18.3 Å². The summed E-state index contributed by atoms with van der Waals surface area (Å²) in [5.41, 5.74) is 0. The molecule has 0 aromatic carbocycles. The molecule has 8 N–H and O–H groups in total. The maximum atomic E-state index is 10.4. The van der Waals surface area contributed by atoms with Gasteiger partial charge in [-0.2, -0.15) is 0 Å². The van der Waals surface area contributed by atoms with Gasteiger partial charge in [0, 0.05) is 0 Å². The van der Waals surface area contributed by atoms with Crippen LogP contribution in [0.5, 0.6) is 0 Å². The smallest absolute Gasteiger partial charge is 0.187 e. The quantitative estimate of drug-likeness (QED) is 0.201. The van der Waals surface area contributed by atoms with Crippen molar-refractivity contribution in [3.05, 3.63) is 0 Å². The van der Waals surface area contributed by atoms with Gasteiger partial charge in [0.1, 0.15) is 54.9 Å². The summed E-state index contributed by atoms with van der Waals surface area (Å²) >= 11 is 0. The Labute approximate surface area is 178 Å². The minimum absolute atomic E-state index is 0.890. The molecule has 3 fully saturated rings. The second-order valence-electron chi connectivity index (χ2n) is 8.29. The van der Waals surface area contributed by atoms with Crippen LogP contribution in [0.25, 0.3) is 0 Å². The van der Waals surface area contributed by atoms with Crippen LogP contribution in [0.4, 0.5) is 0 Å². The number of aliphatic hydroxyl groups excluding tert-OH is 8. The van der Waals surface area contributed by atoms with E-state index in [0.29, 0.717) is 0 Å². The zero-order valence-corrected chi connectivity index (χ0v) is 17.3. The lowest BCUT2D eigenvalue weighted by molar-refractivity contribution is -0.377. The highest BCUT2D eigenvalue weighted by Crippen LogP contribution is 2.32. The van der Waals surface area contributed by atoms with E-state index in [1.807, 2.05) is 0 Å². The van der Waals surface area contributed by atoms with Gasteiger partial charge >= 0.3 is 0 Å². The lowest BCUT2D eigenvalue weighted by atomic mass is 9.96. The van der Waals surface area contributed by atoms with Crippen LogP contribution in [0.1, 0.15) is 20.8 Å². The molecule has 0 bridgehead atoms. The van der Waals surface area contributed by atoms with E-state index in [1.165, 1.54) is 20.8 Å². The van der Waals surface area contributed by atoms with Gasteiger partial charge in [0.15, 0.2) is 18.9 Å². The molecule has 0 aromatic heterocycles. The lowest BCUT2D eigenvalue weighted by Gasteiger charge is -2.47. The van der Waals surface area contributed by atoms with Gasteiger partial charge in [0.25, 0.3) is 0 Å². The summed E-state index contributed by atoms with van der Waals surface area (Å²) in [7, 11) is 0. The van der Waals surface area contributed by atoms with Gasteiger partial charge in [-0.05, 0) is 20.8 Å². The monoisotopic (exact) mass is 456 g/mol. The van der Waals surface area contributed by atoms with Crippen molar-refractivity contribution in [2.45, 2.75) is 113 Å². The third-order valence-corrected chi connectivity index (χ3v) is 5.97. The Morgan fingerprint density at radius 1 is 0.452 bits per heavy atom. The van der Waals surface area contributed by atoms with E-state index in [2.05, 4.69) is 0 Å². The molecule has 0 radical (unpaired) electrons. The third kappa shape index (κ3) is 4.89. The Morgan fingerprint density at radius 2 is 0.871 bits per heavy atom. The minimum Gasteiger partial charge on any atom is -0.388 e. The molecule has 0 aliphatic carbocycles. The van der Waals surface area contributed by atoms with Crippen LogP contribution in [0.15, 0.2) is 0 Å². The molecule has 3 rings (SSSR count). The Kier molecular flexibility index (Phi) is 7.91. The van der Waals surface area contributed by atoms with Crippen LogP contribution in [0.2, 0.25) is 0 Å². The van der Waals surface area contributed by atoms with Gasteiger partial charge in [0.2, 0.25) is 0 Å². The standard InChI is InChI=1S/C18H32O13/c1-4-7(19)9(21)11(23)17(28-4)30-14-6(3)27-16(26)13(25)15(14)31-18-12(24)10(22)8(20)5(2)29-18/h4-26H,1-3H3/t4-,5-,6-,7-,8-,9+,10+,11+,12+,13+,14-,15-,16+,17-,18-/m0/s1. The molecule has 182 valence electrons. The lowest BCUT2D eigenvalue weighted by Crippen LogP contribution is -2.65. The fourth-order valence-electron chi connectivity index (χ4n) is 3.91. The highest BCUT2D eigenvalue weighted by molar-refractivity contribution is 4.95. The first-order valence-electron chi connectivity index (χ1n) is 10.2. The van der Waals surface area contributed by atoms with Crippen molar-refractivity contribution in [2.24, 2.45) is 0 Å². The van der Waals surface area contributed by atoms with E-state index in [-0.39, 0.29) is 0 Å². The molecule has 31 heavy (non-hydrogen) atoms. The molecule has 13 heteroatoms. The van der Waals surface area contributed by atoms with Crippen molar-refractivity contribution < 1.29 is 64.5 Å². The molecule has 3 aliphatic heterocycles. The zero-order chi connectivity index (χ0) is 23.2. The molecule has 0 saturated carbocycles. The summed E-state index contributed by atoms with van der Waals surface area (Å²) in [6.07, 6.45) is -20.8. The summed E-state index contributed by atoms with van der Waals surface area (Å²) in [5, 5.41) is 80.6. The summed E-state index contributed by atoms with van der Waals surface area (Å²) in [6.45, 7) is 4.39. The predicted molar refractivity (Wildman–Crippen MR) is 97.0 cm³/mol. The topological polar surface area (TPSA) is 208 Å². The average Bonchev–Trinajstić information content (AvgIpc) is 2.72. The van der Waals surface area contributed by atoms with E-state index in [1.54, 1.807) is 0 Å². The van der Waals surface area contributed by atoms with Crippen molar-refractivity contribution in [2.75, 3.05) is 0 Å². The molecule has 0 spiro atoms. The summed E-state index contributed by atoms with van der Waals surface area (Å²) in [5.74, 6) is 0. The van der Waals surface area contributed by atoms with Crippen molar-refractivity contribution >= 4 is 0 Å². The fourth-order valence-corrected chi connectivity index (χ4v) is 3.91. The number of aliphatic hydroxyl groups is 8. The van der Waals surface area contributed by atoms with Crippen molar-refractivity contribution in [1.29, 1.82) is 0 Å². The molecular formula is C18H32O13. The first-order chi connectivity index (χ1) is 14.4. The average molecular weight is 456 g/mol. The minimum atomic E-state index is -1.69. The molecule has 15 atom stereocenters. The molecule has 3 aliphatic rings. The maximum absolute atomic E-state index is 10.4. The Bertz CT molecular complexity index is 595. The molecule has 0 aromatic rings. The van der Waals surface area contributed by atoms with E-state index >= 15 is 0 Å². The molecule has 0 amide bonds. The fraction of sp³-hybridized carbons (Fsp3) is 1.00. The normalized spacial score (nSPS) is 56.4. The number of rotatable bonds is 4. The van der Waals surface area contributed by atoms with Crippen molar-refractivity contribution in [3.8, 4) is 0 Å². The van der Waals surface area contributed by atoms with E-state index in [0.717, 1.165) is 0 Å². The van der Waals surface area contributed by atoms with Gasteiger partial charge in [-0.15, -0.1) is 0 Å².